The van der Waals surface area contributed by atoms with Crippen LogP contribution < -0.4 is 10.6 Å². The van der Waals surface area contributed by atoms with E-state index in [1.54, 1.807) is 0 Å². The lowest BCUT2D eigenvalue weighted by Crippen LogP contribution is -2.45. The van der Waals surface area contributed by atoms with Gasteiger partial charge in [-0.2, -0.15) is 0 Å². The molecule has 1 fully saturated rings. The molecular weight excluding hydrogens is 234 g/mol. The van der Waals surface area contributed by atoms with E-state index in [1.165, 1.54) is 6.39 Å². The van der Waals surface area contributed by atoms with Gasteiger partial charge in [0.05, 0.1) is 12.7 Å². The fourth-order valence-electron chi connectivity index (χ4n) is 1.88. The number of oxazole rings is 1. The highest BCUT2D eigenvalue weighted by Gasteiger charge is 2.20. The molecule has 1 aromatic heterocycles. The van der Waals surface area contributed by atoms with E-state index in [0.717, 1.165) is 13.1 Å². The fourth-order valence-corrected chi connectivity index (χ4v) is 1.88. The number of morpholine rings is 1. The predicted molar refractivity (Wildman–Crippen MR) is 65.5 cm³/mol. The molecule has 2 N–H and O–H groups in total. The molecule has 6 heteroatoms. The van der Waals surface area contributed by atoms with E-state index in [2.05, 4.69) is 15.6 Å². The number of hydrogen-bond acceptors (Lipinski definition) is 5. The second kappa shape index (κ2) is 5.97. The van der Waals surface area contributed by atoms with Gasteiger partial charge < -0.3 is 19.8 Å². The molecule has 2 heterocycles. The number of nitrogens with zero attached hydrogens (tertiary/aromatic N) is 1. The molecule has 18 heavy (non-hydrogen) atoms. The second-order valence-electron chi connectivity index (χ2n) is 4.63. The summed E-state index contributed by atoms with van der Waals surface area (Å²) in [5, 5.41) is 6.04. The summed E-state index contributed by atoms with van der Waals surface area (Å²) in [6, 6.07) is 0. The topological polar surface area (TPSA) is 76.4 Å². The Kier molecular flexibility index (Phi) is 4.33. The van der Waals surface area contributed by atoms with E-state index in [-0.39, 0.29) is 17.9 Å². The van der Waals surface area contributed by atoms with E-state index in [1.807, 2.05) is 13.8 Å². The van der Waals surface area contributed by atoms with Crippen LogP contribution in [0.1, 0.15) is 36.0 Å². The maximum Gasteiger partial charge on any atom is 0.273 e. The maximum atomic E-state index is 12.0. The summed E-state index contributed by atoms with van der Waals surface area (Å²) >= 11 is 0. The number of ether oxygens (including phenoxy) is 1. The van der Waals surface area contributed by atoms with Crippen LogP contribution in [0.15, 0.2) is 10.8 Å². The van der Waals surface area contributed by atoms with Gasteiger partial charge in [-0.15, -0.1) is 0 Å². The Labute approximate surface area is 106 Å². The van der Waals surface area contributed by atoms with Crippen molar-refractivity contribution >= 4 is 5.91 Å². The predicted octanol–water partition coefficient (Wildman–Crippen LogP) is 0.516. The van der Waals surface area contributed by atoms with Crippen molar-refractivity contribution in [2.24, 2.45) is 0 Å². The van der Waals surface area contributed by atoms with E-state index < -0.39 is 0 Å². The second-order valence-corrected chi connectivity index (χ2v) is 4.63. The smallest absolute Gasteiger partial charge is 0.273 e. The Bertz CT molecular complexity index is 397. The molecular formula is C12H19N3O3. The van der Waals surface area contributed by atoms with Crippen LogP contribution in [0, 0.1) is 0 Å². The van der Waals surface area contributed by atoms with Crippen LogP contribution in [0.3, 0.4) is 0 Å². The average Bonchev–Trinajstić information content (AvgIpc) is 2.86. The number of amides is 1. The first kappa shape index (κ1) is 13.0. The molecule has 1 aliphatic rings. The number of nitrogens with one attached hydrogen (secondary N) is 2. The lowest BCUT2D eigenvalue weighted by molar-refractivity contribution is 0.0286. The molecule has 1 atom stereocenters. The molecule has 0 aliphatic carbocycles. The molecule has 100 valence electrons. The normalized spacial score (nSPS) is 20.1. The van der Waals surface area contributed by atoms with Crippen molar-refractivity contribution < 1.29 is 13.9 Å². The Morgan fingerprint density at radius 1 is 1.67 bits per heavy atom. The summed E-state index contributed by atoms with van der Waals surface area (Å²) < 4.78 is 10.7. The molecule has 0 aromatic carbocycles. The van der Waals surface area contributed by atoms with Crippen molar-refractivity contribution in [1.82, 2.24) is 15.6 Å². The Morgan fingerprint density at radius 2 is 2.50 bits per heavy atom. The van der Waals surface area contributed by atoms with Crippen LogP contribution >= 0.6 is 0 Å². The zero-order chi connectivity index (χ0) is 13.0. The summed E-state index contributed by atoms with van der Waals surface area (Å²) in [7, 11) is 0. The van der Waals surface area contributed by atoms with Gasteiger partial charge in [-0.05, 0) is 0 Å². The van der Waals surface area contributed by atoms with Gasteiger partial charge >= 0.3 is 0 Å². The van der Waals surface area contributed by atoms with Crippen LogP contribution in [0.5, 0.6) is 0 Å². The summed E-state index contributed by atoms with van der Waals surface area (Å²) in [5.41, 5.74) is 0.369. The number of aromatic nitrogens is 1. The highest BCUT2D eigenvalue weighted by atomic mass is 16.5. The van der Waals surface area contributed by atoms with Crippen LogP contribution in [0.4, 0.5) is 0 Å². The Hall–Kier alpha value is -1.40. The zero-order valence-electron chi connectivity index (χ0n) is 10.7. The van der Waals surface area contributed by atoms with Gasteiger partial charge in [0, 0.05) is 25.6 Å². The molecule has 1 unspecified atom stereocenters. The monoisotopic (exact) mass is 253 g/mol. The van der Waals surface area contributed by atoms with Crippen LogP contribution in [0.25, 0.3) is 0 Å². The van der Waals surface area contributed by atoms with Gasteiger partial charge in [0.2, 0.25) is 0 Å². The molecule has 0 spiro atoms. The largest absolute Gasteiger partial charge is 0.447 e. The molecule has 0 saturated carbocycles. The first-order valence-electron chi connectivity index (χ1n) is 6.22. The summed E-state index contributed by atoms with van der Waals surface area (Å²) in [5.74, 6) is 0.553. The fraction of sp³-hybridized carbons (Fsp3) is 0.667. The van der Waals surface area contributed by atoms with Crippen molar-refractivity contribution in [3.8, 4) is 0 Å². The van der Waals surface area contributed by atoms with Crippen molar-refractivity contribution in [2.75, 3.05) is 26.2 Å². The highest BCUT2D eigenvalue weighted by Crippen LogP contribution is 2.17. The Morgan fingerprint density at radius 3 is 3.17 bits per heavy atom. The standard InChI is InChI=1S/C12H19N3O3/c1-8(2)11-10(15-7-18-11)12(16)14-6-9-5-13-3-4-17-9/h7-9,13H,3-6H2,1-2H3,(H,14,16). The van der Waals surface area contributed by atoms with Gasteiger partial charge in [-0.1, -0.05) is 13.8 Å². The Balaban J connectivity index is 1.89. The minimum absolute atomic E-state index is 0.0251. The van der Waals surface area contributed by atoms with Gasteiger partial charge in [-0.25, -0.2) is 4.98 Å². The molecule has 6 nitrogen and oxygen atoms in total. The van der Waals surface area contributed by atoms with Gasteiger partial charge in [-0.3, -0.25) is 4.79 Å². The van der Waals surface area contributed by atoms with Gasteiger partial charge in [0.25, 0.3) is 5.91 Å². The quantitative estimate of drug-likeness (QED) is 0.818. The van der Waals surface area contributed by atoms with E-state index in [0.29, 0.717) is 24.6 Å². The minimum atomic E-state index is -0.207. The minimum Gasteiger partial charge on any atom is -0.447 e. The molecule has 2 rings (SSSR count). The van der Waals surface area contributed by atoms with Crippen molar-refractivity contribution in [3.63, 3.8) is 0 Å². The lowest BCUT2D eigenvalue weighted by Gasteiger charge is -2.23. The summed E-state index contributed by atoms with van der Waals surface area (Å²) in [6.07, 6.45) is 1.33. The number of carbonyl (C=O) groups excluding carboxylic acids is 1. The van der Waals surface area contributed by atoms with Gasteiger partial charge in [0.15, 0.2) is 12.1 Å². The lowest BCUT2D eigenvalue weighted by atomic mass is 10.1. The maximum absolute atomic E-state index is 12.0. The van der Waals surface area contributed by atoms with E-state index in [9.17, 15) is 4.79 Å². The SMILES string of the molecule is CC(C)c1ocnc1C(=O)NCC1CNCCO1. The third kappa shape index (κ3) is 3.08. The molecule has 1 amide bonds. The number of carbonyl (C=O) groups is 1. The first-order valence-corrected chi connectivity index (χ1v) is 6.22. The number of rotatable bonds is 4. The molecule has 0 radical (unpaired) electrons. The number of hydrogen-bond donors (Lipinski definition) is 2. The van der Waals surface area contributed by atoms with Crippen molar-refractivity contribution in [3.05, 3.63) is 17.8 Å². The van der Waals surface area contributed by atoms with Crippen LogP contribution in [-0.4, -0.2) is 43.2 Å². The van der Waals surface area contributed by atoms with E-state index >= 15 is 0 Å². The molecule has 1 aliphatic heterocycles. The highest BCUT2D eigenvalue weighted by molar-refractivity contribution is 5.93. The van der Waals surface area contributed by atoms with Crippen LogP contribution in [-0.2, 0) is 4.74 Å². The van der Waals surface area contributed by atoms with Gasteiger partial charge in [0.1, 0.15) is 5.76 Å². The van der Waals surface area contributed by atoms with E-state index in [4.69, 9.17) is 9.15 Å². The zero-order valence-corrected chi connectivity index (χ0v) is 10.7. The van der Waals surface area contributed by atoms with Crippen molar-refractivity contribution in [1.29, 1.82) is 0 Å². The first-order chi connectivity index (χ1) is 8.68. The molecule has 1 saturated heterocycles. The average molecular weight is 253 g/mol. The van der Waals surface area contributed by atoms with Crippen molar-refractivity contribution in [2.45, 2.75) is 25.9 Å². The third-order valence-corrected chi connectivity index (χ3v) is 2.83. The molecule has 1 aromatic rings. The molecule has 0 bridgehead atoms. The summed E-state index contributed by atoms with van der Waals surface area (Å²) in [6.45, 7) is 6.72. The van der Waals surface area contributed by atoms with Crippen LogP contribution in [0.2, 0.25) is 0 Å². The third-order valence-electron chi connectivity index (χ3n) is 2.83. The summed E-state index contributed by atoms with van der Waals surface area (Å²) in [4.78, 5) is 15.9.